The van der Waals surface area contributed by atoms with Gasteiger partial charge in [0.15, 0.2) is 0 Å². The van der Waals surface area contributed by atoms with Crippen molar-refractivity contribution in [1.29, 1.82) is 0 Å². The molecule has 0 unspecified atom stereocenters. The first-order chi connectivity index (χ1) is 8.15. The summed E-state index contributed by atoms with van der Waals surface area (Å²) in [4.78, 5) is 24.4. The zero-order valence-electron chi connectivity index (χ0n) is 8.98. The summed E-state index contributed by atoms with van der Waals surface area (Å²) in [5.74, 6) is -0.278. The molecule has 5 nitrogen and oxygen atoms in total. The highest BCUT2D eigenvalue weighted by Gasteiger charge is 2.08. The fourth-order valence-corrected chi connectivity index (χ4v) is 2.01. The van der Waals surface area contributed by atoms with Crippen LogP contribution < -0.4 is 5.32 Å². The lowest BCUT2D eigenvalue weighted by Crippen LogP contribution is -2.23. The summed E-state index contributed by atoms with van der Waals surface area (Å²) in [6.45, 7) is 2.36. The van der Waals surface area contributed by atoms with Gasteiger partial charge in [-0.15, -0.1) is 11.3 Å². The number of halogens is 1. The first kappa shape index (κ1) is 11.9. The standard InChI is InChI=1S/C10H9ClN4OS/c1-6-12-2-7(17-6)3-15-10(16)8-4-14-9(11)5-13-8/h2,4-5H,3H2,1H3,(H,15,16). The summed E-state index contributed by atoms with van der Waals surface area (Å²) < 4.78 is 0. The molecule has 2 heterocycles. The van der Waals surface area contributed by atoms with Gasteiger partial charge >= 0.3 is 0 Å². The number of carbonyl (C=O) groups is 1. The average molecular weight is 269 g/mol. The molecule has 2 aromatic rings. The lowest BCUT2D eigenvalue weighted by molar-refractivity contribution is 0.0946. The molecule has 0 bridgehead atoms. The molecule has 1 N–H and O–H groups in total. The second-order valence-corrected chi connectivity index (χ2v) is 4.96. The summed E-state index contributed by atoms with van der Waals surface area (Å²) in [5.41, 5.74) is 0.246. The van der Waals surface area contributed by atoms with Gasteiger partial charge in [-0.1, -0.05) is 11.6 Å². The largest absolute Gasteiger partial charge is 0.346 e. The van der Waals surface area contributed by atoms with Gasteiger partial charge in [0.1, 0.15) is 10.8 Å². The Morgan fingerprint density at radius 3 is 2.76 bits per heavy atom. The molecule has 0 atom stereocenters. The highest BCUT2D eigenvalue weighted by molar-refractivity contribution is 7.11. The van der Waals surface area contributed by atoms with Gasteiger partial charge in [-0.05, 0) is 6.92 Å². The van der Waals surface area contributed by atoms with Gasteiger partial charge in [0, 0.05) is 11.1 Å². The van der Waals surface area contributed by atoms with Crippen molar-refractivity contribution in [3.8, 4) is 0 Å². The number of aryl methyl sites for hydroxylation is 1. The van der Waals surface area contributed by atoms with Crippen molar-refractivity contribution >= 4 is 28.8 Å². The molecule has 0 aliphatic heterocycles. The summed E-state index contributed by atoms with van der Waals surface area (Å²) >= 11 is 7.12. The molecule has 0 aliphatic rings. The number of carbonyl (C=O) groups excluding carboxylic acids is 1. The summed E-state index contributed by atoms with van der Waals surface area (Å²) in [6.07, 6.45) is 4.43. The van der Waals surface area contributed by atoms with Gasteiger partial charge in [0.2, 0.25) is 0 Å². The molecule has 7 heteroatoms. The van der Waals surface area contributed by atoms with E-state index in [9.17, 15) is 4.79 Å². The molecular formula is C10H9ClN4OS. The van der Waals surface area contributed by atoms with Gasteiger partial charge in [0.05, 0.1) is 23.9 Å². The quantitative estimate of drug-likeness (QED) is 0.922. The molecule has 0 aromatic carbocycles. The molecule has 17 heavy (non-hydrogen) atoms. The van der Waals surface area contributed by atoms with Crippen molar-refractivity contribution in [1.82, 2.24) is 20.3 Å². The zero-order valence-corrected chi connectivity index (χ0v) is 10.5. The van der Waals surface area contributed by atoms with Crippen LogP contribution in [0.3, 0.4) is 0 Å². The number of amides is 1. The smallest absolute Gasteiger partial charge is 0.271 e. The van der Waals surface area contributed by atoms with E-state index in [-0.39, 0.29) is 16.8 Å². The molecule has 2 aromatic heterocycles. The third-order valence-electron chi connectivity index (χ3n) is 1.95. The Labute approximate surface area is 107 Å². The molecule has 0 saturated carbocycles. The van der Waals surface area contributed by atoms with E-state index < -0.39 is 0 Å². The monoisotopic (exact) mass is 268 g/mol. The van der Waals surface area contributed by atoms with Gasteiger partial charge in [0.25, 0.3) is 5.91 Å². The minimum absolute atomic E-state index is 0.246. The number of thiazole rings is 1. The Bertz CT molecular complexity index is 525. The number of hydrogen-bond donors (Lipinski definition) is 1. The van der Waals surface area contributed by atoms with Crippen LogP contribution in [0.2, 0.25) is 5.15 Å². The number of rotatable bonds is 3. The minimum Gasteiger partial charge on any atom is -0.346 e. The van der Waals surface area contributed by atoms with Crippen LogP contribution in [0.25, 0.3) is 0 Å². The van der Waals surface area contributed by atoms with Crippen molar-refractivity contribution in [3.05, 3.63) is 39.3 Å². The van der Waals surface area contributed by atoms with Crippen LogP contribution in [0.4, 0.5) is 0 Å². The van der Waals surface area contributed by atoms with Gasteiger partial charge in [-0.3, -0.25) is 4.79 Å². The number of nitrogens with zero attached hydrogens (tertiary/aromatic N) is 3. The molecule has 0 fully saturated rings. The van der Waals surface area contributed by atoms with Crippen LogP contribution >= 0.6 is 22.9 Å². The van der Waals surface area contributed by atoms with Crippen LogP contribution in [0, 0.1) is 6.92 Å². The maximum atomic E-state index is 11.7. The van der Waals surface area contributed by atoms with Crippen LogP contribution in [0.1, 0.15) is 20.4 Å². The molecule has 0 aliphatic carbocycles. The van der Waals surface area contributed by atoms with Crippen LogP contribution in [0.5, 0.6) is 0 Å². The maximum Gasteiger partial charge on any atom is 0.271 e. The Balaban J connectivity index is 1.95. The van der Waals surface area contributed by atoms with Crippen molar-refractivity contribution < 1.29 is 4.79 Å². The highest BCUT2D eigenvalue weighted by Crippen LogP contribution is 2.11. The predicted molar refractivity (Wildman–Crippen MR) is 65.1 cm³/mol. The lowest BCUT2D eigenvalue weighted by atomic mass is 10.4. The van der Waals surface area contributed by atoms with E-state index in [2.05, 4.69) is 20.3 Å². The fourth-order valence-electron chi connectivity index (χ4n) is 1.17. The van der Waals surface area contributed by atoms with Crippen molar-refractivity contribution in [2.75, 3.05) is 0 Å². The van der Waals surface area contributed by atoms with Crippen LogP contribution in [0.15, 0.2) is 18.6 Å². The van der Waals surface area contributed by atoms with Crippen molar-refractivity contribution in [2.45, 2.75) is 13.5 Å². The summed E-state index contributed by atoms with van der Waals surface area (Å²) in [7, 11) is 0. The highest BCUT2D eigenvalue weighted by atomic mass is 35.5. The zero-order chi connectivity index (χ0) is 12.3. The van der Waals surface area contributed by atoms with E-state index >= 15 is 0 Å². The molecule has 1 amide bonds. The first-order valence-electron chi connectivity index (χ1n) is 4.82. The number of hydrogen-bond acceptors (Lipinski definition) is 5. The normalized spacial score (nSPS) is 10.2. The van der Waals surface area contributed by atoms with E-state index in [4.69, 9.17) is 11.6 Å². The van der Waals surface area contributed by atoms with E-state index in [0.717, 1.165) is 9.88 Å². The van der Waals surface area contributed by atoms with Gasteiger partial charge in [-0.2, -0.15) is 0 Å². The molecule has 2 rings (SSSR count). The molecule has 88 valence electrons. The number of nitrogens with one attached hydrogen (secondary N) is 1. The third-order valence-corrected chi connectivity index (χ3v) is 3.05. The molecule has 0 saturated heterocycles. The lowest BCUT2D eigenvalue weighted by Gasteiger charge is -2.01. The average Bonchev–Trinajstić information content (AvgIpc) is 2.73. The topological polar surface area (TPSA) is 67.8 Å². The Morgan fingerprint density at radius 2 is 2.18 bits per heavy atom. The minimum atomic E-state index is -0.278. The second kappa shape index (κ2) is 5.20. The summed E-state index contributed by atoms with van der Waals surface area (Å²) in [6, 6.07) is 0. The molecule has 0 radical (unpaired) electrons. The Morgan fingerprint density at radius 1 is 1.35 bits per heavy atom. The van der Waals surface area contributed by atoms with E-state index in [1.54, 1.807) is 17.5 Å². The van der Waals surface area contributed by atoms with Crippen LogP contribution in [-0.4, -0.2) is 20.9 Å². The predicted octanol–water partition coefficient (Wildman–Crippen LogP) is 1.82. The SMILES string of the molecule is Cc1ncc(CNC(=O)c2cnc(Cl)cn2)s1. The summed E-state index contributed by atoms with van der Waals surface area (Å²) in [5, 5.41) is 3.97. The van der Waals surface area contributed by atoms with Gasteiger partial charge < -0.3 is 5.32 Å². The second-order valence-electron chi connectivity index (χ2n) is 3.25. The fraction of sp³-hybridized carbons (Fsp3) is 0.200. The molecular weight excluding hydrogens is 260 g/mol. The first-order valence-corrected chi connectivity index (χ1v) is 6.01. The molecule has 0 spiro atoms. The van der Waals surface area contributed by atoms with Crippen LogP contribution in [-0.2, 0) is 6.54 Å². The maximum absolute atomic E-state index is 11.7. The van der Waals surface area contributed by atoms with Crippen molar-refractivity contribution in [3.63, 3.8) is 0 Å². The van der Waals surface area contributed by atoms with E-state index in [1.165, 1.54) is 12.4 Å². The Kier molecular flexibility index (Phi) is 3.65. The number of aromatic nitrogens is 3. The van der Waals surface area contributed by atoms with Crippen molar-refractivity contribution in [2.24, 2.45) is 0 Å². The third kappa shape index (κ3) is 3.21. The van der Waals surface area contributed by atoms with Gasteiger partial charge in [-0.25, -0.2) is 15.0 Å². The Hall–Kier alpha value is -1.53. The van der Waals surface area contributed by atoms with E-state index in [0.29, 0.717) is 6.54 Å². The van der Waals surface area contributed by atoms with E-state index in [1.807, 2.05) is 6.92 Å².